The lowest BCUT2D eigenvalue weighted by molar-refractivity contribution is -0.121. The standard InChI is InChI=1S/C18H16FN3O3/c19-13-7-5-12(6-8-13)11-20-16(23)9-10-22-17(24)14-3-1-2-4-15(14)21-18(22)25/h1-8H,9-11H2,(H,20,23)(H,21,25). The topological polar surface area (TPSA) is 84.0 Å². The average molecular weight is 341 g/mol. The number of amides is 1. The minimum absolute atomic E-state index is 0.0114. The molecule has 0 saturated heterocycles. The fourth-order valence-electron chi connectivity index (χ4n) is 2.51. The predicted octanol–water partition coefficient (Wildman–Crippen LogP) is 1.54. The molecule has 3 aromatic rings. The highest BCUT2D eigenvalue weighted by Gasteiger charge is 2.09. The largest absolute Gasteiger partial charge is 0.352 e. The van der Waals surface area contributed by atoms with Crippen molar-refractivity contribution in [3.05, 3.63) is 80.7 Å². The zero-order valence-electron chi connectivity index (χ0n) is 13.3. The van der Waals surface area contributed by atoms with Crippen molar-refractivity contribution in [1.82, 2.24) is 14.9 Å². The van der Waals surface area contributed by atoms with E-state index in [0.29, 0.717) is 10.9 Å². The van der Waals surface area contributed by atoms with Gasteiger partial charge in [0.2, 0.25) is 5.91 Å². The summed E-state index contributed by atoms with van der Waals surface area (Å²) in [5, 5.41) is 3.07. The zero-order valence-corrected chi connectivity index (χ0v) is 13.3. The number of nitrogens with one attached hydrogen (secondary N) is 2. The van der Waals surface area contributed by atoms with Crippen LogP contribution in [0.25, 0.3) is 10.9 Å². The van der Waals surface area contributed by atoms with Crippen molar-refractivity contribution in [2.45, 2.75) is 19.5 Å². The molecular weight excluding hydrogens is 325 g/mol. The van der Waals surface area contributed by atoms with Crippen LogP contribution in [0.2, 0.25) is 0 Å². The van der Waals surface area contributed by atoms with Gasteiger partial charge in [0.1, 0.15) is 5.82 Å². The number of H-pyrrole nitrogens is 1. The molecule has 1 aromatic heterocycles. The van der Waals surface area contributed by atoms with Crippen molar-refractivity contribution in [2.24, 2.45) is 0 Å². The molecule has 128 valence electrons. The van der Waals surface area contributed by atoms with E-state index in [1.165, 1.54) is 12.1 Å². The van der Waals surface area contributed by atoms with Crippen molar-refractivity contribution in [3.8, 4) is 0 Å². The van der Waals surface area contributed by atoms with Crippen LogP contribution < -0.4 is 16.6 Å². The monoisotopic (exact) mass is 341 g/mol. The van der Waals surface area contributed by atoms with Gasteiger partial charge in [-0.3, -0.25) is 14.2 Å². The summed E-state index contributed by atoms with van der Waals surface area (Å²) >= 11 is 0. The van der Waals surface area contributed by atoms with Gasteiger partial charge >= 0.3 is 5.69 Å². The third kappa shape index (κ3) is 3.82. The number of benzene rings is 2. The van der Waals surface area contributed by atoms with Gasteiger partial charge in [0.25, 0.3) is 5.56 Å². The summed E-state index contributed by atoms with van der Waals surface area (Å²) < 4.78 is 13.8. The summed E-state index contributed by atoms with van der Waals surface area (Å²) in [5.74, 6) is -0.645. The fourth-order valence-corrected chi connectivity index (χ4v) is 2.51. The minimum Gasteiger partial charge on any atom is -0.352 e. The lowest BCUT2D eigenvalue weighted by Gasteiger charge is -2.08. The summed E-state index contributed by atoms with van der Waals surface area (Å²) in [7, 11) is 0. The van der Waals surface area contributed by atoms with Gasteiger partial charge < -0.3 is 10.3 Å². The number of carbonyl (C=O) groups excluding carboxylic acids is 1. The van der Waals surface area contributed by atoms with Crippen LogP contribution in [0, 0.1) is 5.82 Å². The van der Waals surface area contributed by atoms with Gasteiger partial charge in [0.15, 0.2) is 0 Å². The molecule has 3 rings (SSSR count). The molecule has 2 aromatic carbocycles. The van der Waals surface area contributed by atoms with E-state index in [9.17, 15) is 18.8 Å². The number of aromatic amines is 1. The molecule has 0 spiro atoms. The van der Waals surface area contributed by atoms with Crippen LogP contribution in [0.1, 0.15) is 12.0 Å². The Morgan fingerprint density at radius 1 is 1.08 bits per heavy atom. The summed E-state index contributed by atoms with van der Waals surface area (Å²) in [4.78, 5) is 38.9. The minimum atomic E-state index is -0.546. The van der Waals surface area contributed by atoms with Crippen LogP contribution in [0.3, 0.4) is 0 Å². The Kier molecular flexibility index (Phi) is 4.74. The lowest BCUT2D eigenvalue weighted by atomic mass is 10.2. The number of carbonyl (C=O) groups is 1. The van der Waals surface area contributed by atoms with E-state index in [4.69, 9.17) is 0 Å². The average Bonchev–Trinajstić information content (AvgIpc) is 2.61. The molecule has 0 bridgehead atoms. The second-order valence-electron chi connectivity index (χ2n) is 5.59. The van der Waals surface area contributed by atoms with Crippen molar-refractivity contribution in [2.75, 3.05) is 0 Å². The Balaban J connectivity index is 1.66. The van der Waals surface area contributed by atoms with Gasteiger partial charge in [-0.05, 0) is 29.8 Å². The number of hydrogen-bond donors (Lipinski definition) is 2. The van der Waals surface area contributed by atoms with E-state index < -0.39 is 11.2 Å². The molecule has 1 amide bonds. The quantitative estimate of drug-likeness (QED) is 0.738. The Morgan fingerprint density at radius 2 is 1.80 bits per heavy atom. The van der Waals surface area contributed by atoms with Crippen molar-refractivity contribution >= 4 is 16.8 Å². The van der Waals surface area contributed by atoms with Crippen molar-refractivity contribution in [1.29, 1.82) is 0 Å². The Labute approximate surface area is 141 Å². The highest BCUT2D eigenvalue weighted by molar-refractivity contribution is 5.77. The molecule has 0 radical (unpaired) electrons. The maximum Gasteiger partial charge on any atom is 0.328 e. The molecule has 0 unspecified atom stereocenters. The maximum atomic E-state index is 12.8. The second kappa shape index (κ2) is 7.12. The Morgan fingerprint density at radius 3 is 2.56 bits per heavy atom. The lowest BCUT2D eigenvalue weighted by Crippen LogP contribution is -2.36. The van der Waals surface area contributed by atoms with E-state index in [2.05, 4.69) is 10.3 Å². The first-order valence-electron chi connectivity index (χ1n) is 7.77. The van der Waals surface area contributed by atoms with E-state index in [1.54, 1.807) is 36.4 Å². The smallest absolute Gasteiger partial charge is 0.328 e. The van der Waals surface area contributed by atoms with Crippen LogP contribution >= 0.6 is 0 Å². The first-order chi connectivity index (χ1) is 12.0. The third-order valence-corrected chi connectivity index (χ3v) is 3.85. The van der Waals surface area contributed by atoms with Crippen LogP contribution in [-0.2, 0) is 17.9 Å². The normalized spacial score (nSPS) is 10.8. The number of rotatable bonds is 5. The van der Waals surface area contributed by atoms with E-state index in [-0.39, 0.29) is 31.2 Å². The SMILES string of the molecule is O=C(CCn1c(=O)[nH]c2ccccc2c1=O)NCc1ccc(F)cc1. The van der Waals surface area contributed by atoms with Crippen molar-refractivity contribution in [3.63, 3.8) is 0 Å². The number of aromatic nitrogens is 2. The number of para-hydroxylation sites is 1. The van der Waals surface area contributed by atoms with Crippen molar-refractivity contribution < 1.29 is 9.18 Å². The zero-order chi connectivity index (χ0) is 17.8. The fraction of sp³-hybridized carbons (Fsp3) is 0.167. The van der Waals surface area contributed by atoms with Gasteiger partial charge in [-0.25, -0.2) is 9.18 Å². The van der Waals surface area contributed by atoms with Crippen LogP contribution in [0.5, 0.6) is 0 Å². The van der Waals surface area contributed by atoms with Gasteiger partial charge in [-0.15, -0.1) is 0 Å². The first-order valence-corrected chi connectivity index (χ1v) is 7.77. The molecule has 0 fully saturated rings. The molecule has 0 aliphatic rings. The summed E-state index contributed by atoms with van der Waals surface area (Å²) in [6.45, 7) is 0.232. The van der Waals surface area contributed by atoms with Gasteiger partial charge in [-0.2, -0.15) is 0 Å². The summed E-state index contributed by atoms with van der Waals surface area (Å²) in [6.07, 6.45) is -0.0114. The first kappa shape index (κ1) is 16.6. The summed E-state index contributed by atoms with van der Waals surface area (Å²) in [5.41, 5.74) is 0.255. The molecule has 0 aliphatic carbocycles. The Hall–Kier alpha value is -3.22. The molecule has 7 heteroatoms. The molecule has 0 saturated carbocycles. The molecule has 2 N–H and O–H groups in total. The van der Waals surface area contributed by atoms with E-state index in [1.807, 2.05) is 0 Å². The molecular formula is C18H16FN3O3. The predicted molar refractivity (Wildman–Crippen MR) is 91.7 cm³/mol. The van der Waals surface area contributed by atoms with Crippen LogP contribution in [0.4, 0.5) is 4.39 Å². The highest BCUT2D eigenvalue weighted by Crippen LogP contribution is 2.04. The molecule has 0 atom stereocenters. The Bertz CT molecular complexity index is 1020. The van der Waals surface area contributed by atoms with Gasteiger partial charge in [-0.1, -0.05) is 24.3 Å². The van der Waals surface area contributed by atoms with E-state index >= 15 is 0 Å². The second-order valence-corrected chi connectivity index (χ2v) is 5.59. The van der Waals surface area contributed by atoms with Crippen LogP contribution in [-0.4, -0.2) is 15.5 Å². The number of halogens is 1. The molecule has 6 nitrogen and oxygen atoms in total. The molecule has 25 heavy (non-hydrogen) atoms. The summed E-state index contributed by atoms with van der Waals surface area (Å²) in [6, 6.07) is 12.5. The number of fused-ring (bicyclic) bond motifs is 1. The van der Waals surface area contributed by atoms with Crippen LogP contribution in [0.15, 0.2) is 58.1 Å². The third-order valence-electron chi connectivity index (χ3n) is 3.85. The van der Waals surface area contributed by atoms with Gasteiger partial charge in [0, 0.05) is 19.5 Å². The number of hydrogen-bond acceptors (Lipinski definition) is 3. The highest BCUT2D eigenvalue weighted by atomic mass is 19.1. The molecule has 1 heterocycles. The number of nitrogens with zero attached hydrogens (tertiary/aromatic N) is 1. The molecule has 0 aliphatic heterocycles. The van der Waals surface area contributed by atoms with E-state index in [0.717, 1.165) is 10.1 Å². The maximum absolute atomic E-state index is 12.8. The van der Waals surface area contributed by atoms with Gasteiger partial charge in [0.05, 0.1) is 10.9 Å².